The van der Waals surface area contributed by atoms with Crippen molar-refractivity contribution < 1.29 is 0 Å². The van der Waals surface area contributed by atoms with Crippen LogP contribution in [0.4, 0.5) is 0 Å². The van der Waals surface area contributed by atoms with Crippen molar-refractivity contribution in [1.82, 2.24) is 9.55 Å². The number of rotatable bonds is 3. The quantitative estimate of drug-likeness (QED) is 0.661. The molecule has 18 heavy (non-hydrogen) atoms. The second-order valence-corrected chi connectivity index (χ2v) is 4.98. The average Bonchev–Trinajstić information content (AvgIpc) is 2.83. The third kappa shape index (κ3) is 2.02. The summed E-state index contributed by atoms with van der Waals surface area (Å²) in [5.41, 5.74) is 2.57. The van der Waals surface area contributed by atoms with E-state index in [1.54, 1.807) is 11.8 Å². The predicted molar refractivity (Wildman–Crippen MR) is 77.1 cm³/mol. The van der Waals surface area contributed by atoms with E-state index in [1.165, 1.54) is 16.5 Å². The van der Waals surface area contributed by atoms with Gasteiger partial charge < -0.3 is 4.57 Å². The summed E-state index contributed by atoms with van der Waals surface area (Å²) in [5, 5.41) is 2.33. The summed E-state index contributed by atoms with van der Waals surface area (Å²) in [6.45, 7) is 0.905. The Kier molecular flexibility index (Phi) is 3.07. The summed E-state index contributed by atoms with van der Waals surface area (Å²) < 4.78 is 2.27. The number of benzene rings is 1. The Morgan fingerprint density at radius 2 is 1.94 bits per heavy atom. The fourth-order valence-corrected chi connectivity index (χ4v) is 2.74. The molecule has 0 aliphatic carbocycles. The highest BCUT2D eigenvalue weighted by Gasteiger charge is 2.06. The number of hydrogen-bond acceptors (Lipinski definition) is 2. The first kappa shape index (κ1) is 11.4. The zero-order valence-electron chi connectivity index (χ0n) is 10.2. The highest BCUT2D eigenvalue weighted by Crippen LogP contribution is 2.25. The summed E-state index contributed by atoms with van der Waals surface area (Å²) in [7, 11) is 0. The minimum Gasteiger partial charge on any atom is -0.343 e. The molecule has 0 aliphatic heterocycles. The van der Waals surface area contributed by atoms with Gasteiger partial charge >= 0.3 is 0 Å². The largest absolute Gasteiger partial charge is 0.343 e. The van der Waals surface area contributed by atoms with E-state index in [0.717, 1.165) is 11.6 Å². The molecule has 3 heteroatoms. The van der Waals surface area contributed by atoms with Gasteiger partial charge in [0.1, 0.15) is 5.03 Å². The van der Waals surface area contributed by atoms with E-state index in [1.807, 2.05) is 12.3 Å². The average molecular weight is 254 g/mol. The topological polar surface area (TPSA) is 17.8 Å². The van der Waals surface area contributed by atoms with Crippen molar-refractivity contribution in [3.8, 4) is 0 Å². The van der Waals surface area contributed by atoms with Crippen LogP contribution in [-0.2, 0) is 6.54 Å². The Bertz CT molecular complexity index is 659. The SMILES string of the molecule is CSc1nccc2c1ccn2Cc1ccccc1. The van der Waals surface area contributed by atoms with Crippen LogP contribution in [0.3, 0.4) is 0 Å². The molecule has 3 rings (SSSR count). The first-order valence-electron chi connectivity index (χ1n) is 5.90. The molecule has 2 aromatic heterocycles. The lowest BCUT2D eigenvalue weighted by atomic mass is 10.2. The number of pyridine rings is 1. The lowest BCUT2D eigenvalue weighted by Gasteiger charge is -2.06. The Labute approximate surface area is 111 Å². The van der Waals surface area contributed by atoms with Crippen molar-refractivity contribution in [2.75, 3.05) is 6.26 Å². The minimum absolute atomic E-state index is 0.905. The van der Waals surface area contributed by atoms with Crippen molar-refractivity contribution in [3.05, 3.63) is 60.4 Å². The Morgan fingerprint density at radius 1 is 1.11 bits per heavy atom. The van der Waals surface area contributed by atoms with E-state index in [4.69, 9.17) is 0 Å². The summed E-state index contributed by atoms with van der Waals surface area (Å²) in [4.78, 5) is 4.40. The van der Waals surface area contributed by atoms with Gasteiger partial charge in [-0.2, -0.15) is 0 Å². The molecule has 0 spiro atoms. The van der Waals surface area contributed by atoms with Crippen LogP contribution in [0.25, 0.3) is 10.9 Å². The van der Waals surface area contributed by atoms with Gasteiger partial charge in [-0.25, -0.2) is 4.98 Å². The first-order chi connectivity index (χ1) is 8.88. The molecule has 0 aliphatic rings. The van der Waals surface area contributed by atoms with Gasteiger partial charge in [-0.05, 0) is 24.0 Å². The van der Waals surface area contributed by atoms with Gasteiger partial charge in [0.05, 0.1) is 5.52 Å². The highest BCUT2D eigenvalue weighted by atomic mass is 32.2. The monoisotopic (exact) mass is 254 g/mol. The molecule has 0 unspecified atom stereocenters. The smallest absolute Gasteiger partial charge is 0.105 e. The van der Waals surface area contributed by atoms with Crippen LogP contribution in [0.1, 0.15) is 5.56 Å². The lowest BCUT2D eigenvalue weighted by Crippen LogP contribution is -1.97. The third-order valence-corrected chi connectivity index (χ3v) is 3.76. The van der Waals surface area contributed by atoms with Crippen LogP contribution in [0.5, 0.6) is 0 Å². The fraction of sp³-hybridized carbons (Fsp3) is 0.133. The lowest BCUT2D eigenvalue weighted by molar-refractivity contribution is 0.836. The van der Waals surface area contributed by atoms with E-state index < -0.39 is 0 Å². The third-order valence-electron chi connectivity index (χ3n) is 3.05. The van der Waals surface area contributed by atoms with E-state index in [2.05, 4.69) is 58.4 Å². The van der Waals surface area contributed by atoms with Gasteiger partial charge in [-0.1, -0.05) is 30.3 Å². The summed E-state index contributed by atoms with van der Waals surface area (Å²) in [6.07, 6.45) is 6.09. The maximum absolute atomic E-state index is 4.40. The maximum atomic E-state index is 4.40. The van der Waals surface area contributed by atoms with Gasteiger partial charge in [0.15, 0.2) is 0 Å². The number of hydrogen-bond donors (Lipinski definition) is 0. The maximum Gasteiger partial charge on any atom is 0.105 e. The molecule has 0 radical (unpaired) electrons. The fourth-order valence-electron chi connectivity index (χ4n) is 2.18. The van der Waals surface area contributed by atoms with Crippen LogP contribution in [0, 0.1) is 0 Å². The van der Waals surface area contributed by atoms with E-state index in [0.29, 0.717) is 0 Å². The molecule has 90 valence electrons. The van der Waals surface area contributed by atoms with Crippen molar-refractivity contribution in [2.24, 2.45) is 0 Å². The summed E-state index contributed by atoms with van der Waals surface area (Å²) >= 11 is 1.69. The highest BCUT2D eigenvalue weighted by molar-refractivity contribution is 7.98. The number of nitrogens with zero attached hydrogens (tertiary/aromatic N) is 2. The summed E-state index contributed by atoms with van der Waals surface area (Å²) in [6, 6.07) is 14.7. The molecule has 0 saturated carbocycles. The van der Waals surface area contributed by atoms with Crippen LogP contribution in [0.15, 0.2) is 59.9 Å². The number of aromatic nitrogens is 2. The van der Waals surface area contributed by atoms with Crippen molar-refractivity contribution in [3.63, 3.8) is 0 Å². The van der Waals surface area contributed by atoms with Gasteiger partial charge in [0, 0.05) is 24.3 Å². The second-order valence-electron chi connectivity index (χ2n) is 4.18. The van der Waals surface area contributed by atoms with Gasteiger partial charge in [0.2, 0.25) is 0 Å². The number of thioether (sulfide) groups is 1. The van der Waals surface area contributed by atoms with Gasteiger partial charge in [-0.3, -0.25) is 0 Å². The van der Waals surface area contributed by atoms with Gasteiger partial charge in [-0.15, -0.1) is 11.8 Å². The van der Waals surface area contributed by atoms with Crippen LogP contribution >= 0.6 is 11.8 Å². The standard InChI is InChI=1S/C15H14N2S/c1-18-15-13-8-10-17(14(13)7-9-16-15)11-12-5-3-2-4-6-12/h2-10H,11H2,1H3. The predicted octanol–water partition coefficient (Wildman–Crippen LogP) is 3.81. The van der Waals surface area contributed by atoms with Crippen LogP contribution in [-0.4, -0.2) is 15.8 Å². The molecule has 0 N–H and O–H groups in total. The molecule has 2 heterocycles. The Hall–Kier alpha value is -1.74. The molecule has 0 atom stereocenters. The molecule has 0 saturated heterocycles. The molecular weight excluding hydrogens is 240 g/mol. The molecule has 0 amide bonds. The van der Waals surface area contributed by atoms with Crippen molar-refractivity contribution >= 4 is 22.7 Å². The minimum atomic E-state index is 0.905. The molecule has 2 nitrogen and oxygen atoms in total. The normalized spacial score (nSPS) is 10.9. The zero-order chi connectivity index (χ0) is 12.4. The van der Waals surface area contributed by atoms with Crippen molar-refractivity contribution in [2.45, 2.75) is 11.6 Å². The zero-order valence-corrected chi connectivity index (χ0v) is 11.0. The second kappa shape index (κ2) is 4.86. The first-order valence-corrected chi connectivity index (χ1v) is 7.13. The van der Waals surface area contributed by atoms with Gasteiger partial charge in [0.25, 0.3) is 0 Å². The number of fused-ring (bicyclic) bond motifs is 1. The Morgan fingerprint density at radius 3 is 2.72 bits per heavy atom. The molecule has 0 bridgehead atoms. The van der Waals surface area contributed by atoms with E-state index >= 15 is 0 Å². The van der Waals surface area contributed by atoms with Crippen LogP contribution in [0.2, 0.25) is 0 Å². The van der Waals surface area contributed by atoms with E-state index in [-0.39, 0.29) is 0 Å². The Balaban J connectivity index is 2.03. The van der Waals surface area contributed by atoms with E-state index in [9.17, 15) is 0 Å². The molecule has 0 fully saturated rings. The summed E-state index contributed by atoms with van der Waals surface area (Å²) in [5.74, 6) is 0. The van der Waals surface area contributed by atoms with Crippen molar-refractivity contribution in [1.29, 1.82) is 0 Å². The molecule has 3 aromatic rings. The molecule has 1 aromatic carbocycles. The molecular formula is C15H14N2S. The van der Waals surface area contributed by atoms with Crippen LogP contribution < -0.4 is 0 Å².